The van der Waals surface area contributed by atoms with Crippen LogP contribution in [-0.2, 0) is 4.79 Å². The molecule has 0 unspecified atom stereocenters. The van der Waals surface area contributed by atoms with Crippen LogP contribution in [0.3, 0.4) is 0 Å². The van der Waals surface area contributed by atoms with Crippen molar-refractivity contribution in [3.05, 3.63) is 16.0 Å². The summed E-state index contributed by atoms with van der Waals surface area (Å²) in [5.74, 6) is 0.488. The monoisotopic (exact) mass is 339 g/mol. The van der Waals surface area contributed by atoms with Crippen LogP contribution in [0.5, 0.6) is 0 Å². The summed E-state index contributed by atoms with van der Waals surface area (Å²) in [6, 6.07) is 0. The van der Waals surface area contributed by atoms with Crippen molar-refractivity contribution in [3.8, 4) is 0 Å². The van der Waals surface area contributed by atoms with Crippen molar-refractivity contribution in [3.63, 3.8) is 0 Å². The molecule has 2 aromatic heterocycles. The van der Waals surface area contributed by atoms with Crippen molar-refractivity contribution < 1.29 is 4.79 Å². The van der Waals surface area contributed by atoms with Crippen LogP contribution in [-0.4, -0.2) is 49.5 Å². The predicted molar refractivity (Wildman–Crippen MR) is 85.4 cm³/mol. The first-order valence-electron chi connectivity index (χ1n) is 7.29. The van der Waals surface area contributed by atoms with Gasteiger partial charge in [0.2, 0.25) is 10.9 Å². The Bertz CT molecular complexity index is 734. The highest BCUT2D eigenvalue weighted by molar-refractivity contribution is 8.01. The number of nitrogens with zero attached hydrogens (tertiary/aromatic N) is 5. The zero-order valence-corrected chi connectivity index (χ0v) is 14.0. The lowest BCUT2D eigenvalue weighted by atomic mass is 10.2. The molecule has 1 aliphatic heterocycles. The van der Waals surface area contributed by atoms with Crippen molar-refractivity contribution in [1.82, 2.24) is 24.7 Å². The number of aryl methyl sites for hydroxylation is 1. The smallest absolute Gasteiger partial charge is 0.296 e. The standard InChI is InChI=1S/C13H17N5O2S2/c1-9-11(20)18-12(15-14-9)22-13(16-18)21-8-10(19)17-6-4-2-3-5-7-17/h2-8H2,1H3. The molecule has 7 nitrogen and oxygen atoms in total. The molecule has 2 aromatic rings. The van der Waals surface area contributed by atoms with Gasteiger partial charge in [-0.25, -0.2) is 0 Å². The van der Waals surface area contributed by atoms with Crippen LogP contribution in [0.25, 0.3) is 4.96 Å². The summed E-state index contributed by atoms with van der Waals surface area (Å²) in [7, 11) is 0. The molecule has 1 amide bonds. The minimum atomic E-state index is -0.257. The molecule has 0 spiro atoms. The Hall–Kier alpha value is -1.48. The first-order chi connectivity index (χ1) is 10.6. The molecule has 0 N–H and O–H groups in total. The van der Waals surface area contributed by atoms with Crippen molar-refractivity contribution in [1.29, 1.82) is 0 Å². The summed E-state index contributed by atoms with van der Waals surface area (Å²) in [4.78, 5) is 26.5. The van der Waals surface area contributed by atoms with Crippen molar-refractivity contribution in [2.75, 3.05) is 18.8 Å². The summed E-state index contributed by atoms with van der Waals surface area (Å²) in [6.45, 7) is 3.31. The highest BCUT2D eigenvalue weighted by Gasteiger charge is 2.17. The Morgan fingerprint density at radius 2 is 1.95 bits per heavy atom. The predicted octanol–water partition coefficient (Wildman–Crippen LogP) is 1.35. The number of thioether (sulfide) groups is 1. The van der Waals surface area contributed by atoms with Gasteiger partial charge in [0.05, 0.1) is 5.75 Å². The molecule has 1 aliphatic rings. The Morgan fingerprint density at radius 1 is 1.23 bits per heavy atom. The maximum Gasteiger partial charge on any atom is 0.296 e. The van der Waals surface area contributed by atoms with Gasteiger partial charge in [-0.2, -0.15) is 4.52 Å². The first-order valence-corrected chi connectivity index (χ1v) is 9.09. The summed E-state index contributed by atoms with van der Waals surface area (Å²) in [5, 5.41) is 12.0. The van der Waals surface area contributed by atoms with Crippen LogP contribution >= 0.6 is 23.1 Å². The average Bonchev–Trinajstić information content (AvgIpc) is 2.74. The van der Waals surface area contributed by atoms with Crippen molar-refractivity contribution in [2.45, 2.75) is 36.9 Å². The van der Waals surface area contributed by atoms with Crippen molar-refractivity contribution in [2.24, 2.45) is 0 Å². The van der Waals surface area contributed by atoms with Crippen LogP contribution in [0.4, 0.5) is 0 Å². The fraction of sp³-hybridized carbons (Fsp3) is 0.615. The Kier molecular flexibility index (Phi) is 4.72. The Balaban J connectivity index is 1.67. The van der Waals surface area contributed by atoms with E-state index in [9.17, 15) is 9.59 Å². The Morgan fingerprint density at radius 3 is 2.68 bits per heavy atom. The van der Waals surface area contributed by atoms with Gasteiger partial charge >= 0.3 is 0 Å². The molecule has 0 aliphatic carbocycles. The summed E-state index contributed by atoms with van der Waals surface area (Å²) in [5.41, 5.74) is 0.0620. The SMILES string of the molecule is Cc1nnc2sc(SCC(=O)N3CCCCCC3)nn2c1=O. The third-order valence-electron chi connectivity index (χ3n) is 3.61. The maximum absolute atomic E-state index is 12.2. The second-order valence-electron chi connectivity index (χ2n) is 5.24. The molecular formula is C13H17N5O2S2. The summed E-state index contributed by atoms with van der Waals surface area (Å²) in [6.07, 6.45) is 4.58. The number of likely N-dealkylation sites (tertiary alicyclic amines) is 1. The summed E-state index contributed by atoms with van der Waals surface area (Å²) >= 11 is 2.64. The minimum Gasteiger partial charge on any atom is -0.342 e. The van der Waals surface area contributed by atoms with E-state index in [2.05, 4.69) is 15.3 Å². The van der Waals surface area contributed by atoms with Crippen LogP contribution < -0.4 is 5.56 Å². The van der Waals surface area contributed by atoms with Gasteiger partial charge < -0.3 is 4.90 Å². The topological polar surface area (TPSA) is 80.5 Å². The Labute approximate surface area is 135 Å². The lowest BCUT2D eigenvalue weighted by Crippen LogP contribution is -2.33. The lowest BCUT2D eigenvalue weighted by Gasteiger charge is -2.19. The van der Waals surface area contributed by atoms with Crippen LogP contribution in [0.2, 0.25) is 0 Å². The number of rotatable bonds is 3. The lowest BCUT2D eigenvalue weighted by molar-refractivity contribution is -0.128. The zero-order valence-electron chi connectivity index (χ0n) is 12.3. The van der Waals surface area contributed by atoms with Gasteiger partial charge in [0, 0.05) is 13.1 Å². The number of aromatic nitrogens is 4. The fourth-order valence-corrected chi connectivity index (χ4v) is 4.14. The molecule has 3 heterocycles. The first kappa shape index (κ1) is 15.4. The van der Waals surface area contributed by atoms with Gasteiger partial charge in [0.15, 0.2) is 4.34 Å². The van der Waals surface area contributed by atoms with Gasteiger partial charge in [-0.05, 0) is 19.8 Å². The number of hydrogen-bond donors (Lipinski definition) is 0. The number of amides is 1. The zero-order chi connectivity index (χ0) is 15.5. The van der Waals surface area contributed by atoms with E-state index in [1.165, 1.54) is 40.5 Å². The van der Waals surface area contributed by atoms with Gasteiger partial charge in [-0.1, -0.05) is 35.9 Å². The van der Waals surface area contributed by atoms with E-state index in [1.807, 2.05) is 4.90 Å². The normalized spacial score (nSPS) is 16.0. The number of carbonyl (C=O) groups excluding carboxylic acids is 1. The third-order valence-corrected chi connectivity index (χ3v) is 5.62. The summed E-state index contributed by atoms with van der Waals surface area (Å²) < 4.78 is 1.92. The van der Waals surface area contributed by atoms with E-state index in [1.54, 1.807) is 6.92 Å². The molecule has 3 rings (SSSR count). The van der Waals surface area contributed by atoms with Crippen LogP contribution in [0.1, 0.15) is 31.4 Å². The van der Waals surface area contributed by atoms with Gasteiger partial charge in [-0.3, -0.25) is 9.59 Å². The molecule has 0 radical (unpaired) electrons. The largest absolute Gasteiger partial charge is 0.342 e. The highest BCUT2D eigenvalue weighted by atomic mass is 32.2. The molecule has 0 aromatic carbocycles. The molecule has 1 fully saturated rings. The second-order valence-corrected chi connectivity index (χ2v) is 7.42. The fourth-order valence-electron chi connectivity index (χ4n) is 2.37. The van der Waals surface area contributed by atoms with E-state index < -0.39 is 0 Å². The van der Waals surface area contributed by atoms with E-state index in [0.717, 1.165) is 25.9 Å². The van der Waals surface area contributed by atoms with Gasteiger partial charge in [0.1, 0.15) is 5.69 Å². The molecular weight excluding hydrogens is 322 g/mol. The highest BCUT2D eigenvalue weighted by Crippen LogP contribution is 2.23. The van der Waals surface area contributed by atoms with E-state index in [4.69, 9.17) is 0 Å². The van der Waals surface area contributed by atoms with Gasteiger partial charge in [0.25, 0.3) is 5.56 Å². The minimum absolute atomic E-state index is 0.140. The third kappa shape index (κ3) is 3.30. The second kappa shape index (κ2) is 6.74. The molecule has 0 saturated carbocycles. The van der Waals surface area contributed by atoms with E-state index in [0.29, 0.717) is 20.7 Å². The number of fused-ring (bicyclic) bond motifs is 1. The molecule has 1 saturated heterocycles. The molecule has 9 heteroatoms. The maximum atomic E-state index is 12.2. The number of carbonyl (C=O) groups is 1. The number of hydrogen-bond acceptors (Lipinski definition) is 7. The molecule has 0 atom stereocenters. The molecule has 0 bridgehead atoms. The van der Waals surface area contributed by atoms with Crippen molar-refractivity contribution >= 4 is 34.0 Å². The average molecular weight is 339 g/mol. The quantitative estimate of drug-likeness (QED) is 0.785. The molecule has 22 heavy (non-hydrogen) atoms. The van der Waals surface area contributed by atoms with Crippen LogP contribution in [0, 0.1) is 6.92 Å². The van der Waals surface area contributed by atoms with E-state index >= 15 is 0 Å². The van der Waals surface area contributed by atoms with E-state index in [-0.39, 0.29) is 11.5 Å². The molecule has 118 valence electrons. The van der Waals surface area contributed by atoms with Crippen LogP contribution in [0.15, 0.2) is 9.13 Å². The van der Waals surface area contributed by atoms with Gasteiger partial charge in [-0.15, -0.1) is 15.3 Å².